The highest BCUT2D eigenvalue weighted by atomic mass is 16.2. The molecule has 0 aliphatic carbocycles. The van der Waals surface area contributed by atoms with Crippen LogP contribution in [0.2, 0.25) is 0 Å². The SMILES string of the molecule is Cc1ccc(C#N)c(NC(C)C(=O)NC(C)C)c1. The summed E-state index contributed by atoms with van der Waals surface area (Å²) in [6.07, 6.45) is 0. The maximum absolute atomic E-state index is 11.8. The van der Waals surface area contributed by atoms with Crippen LogP contribution in [0.25, 0.3) is 0 Å². The van der Waals surface area contributed by atoms with Gasteiger partial charge in [-0.2, -0.15) is 5.26 Å². The minimum absolute atomic E-state index is 0.0737. The summed E-state index contributed by atoms with van der Waals surface area (Å²) in [5.74, 6) is -0.0737. The molecule has 4 heteroatoms. The molecular formula is C14H19N3O. The molecule has 0 aromatic heterocycles. The number of aryl methyl sites for hydroxylation is 1. The number of benzene rings is 1. The van der Waals surface area contributed by atoms with E-state index < -0.39 is 0 Å². The van der Waals surface area contributed by atoms with Crippen molar-refractivity contribution in [3.8, 4) is 6.07 Å². The molecule has 0 saturated heterocycles. The van der Waals surface area contributed by atoms with Crippen molar-refractivity contribution in [2.75, 3.05) is 5.32 Å². The lowest BCUT2D eigenvalue weighted by molar-refractivity contribution is -0.122. The molecule has 0 aliphatic heterocycles. The Morgan fingerprint density at radius 2 is 2.00 bits per heavy atom. The third-order valence-electron chi connectivity index (χ3n) is 2.49. The molecule has 4 nitrogen and oxygen atoms in total. The summed E-state index contributed by atoms with van der Waals surface area (Å²) in [5, 5.41) is 14.9. The van der Waals surface area contributed by atoms with Gasteiger partial charge in [0, 0.05) is 6.04 Å². The molecule has 0 saturated carbocycles. The second-order valence-electron chi connectivity index (χ2n) is 4.69. The lowest BCUT2D eigenvalue weighted by Crippen LogP contribution is -2.41. The van der Waals surface area contributed by atoms with Crippen molar-refractivity contribution in [3.63, 3.8) is 0 Å². The second kappa shape index (κ2) is 6.06. The van der Waals surface area contributed by atoms with Crippen molar-refractivity contribution >= 4 is 11.6 Å². The maximum atomic E-state index is 11.8. The number of nitrogens with zero attached hydrogens (tertiary/aromatic N) is 1. The highest BCUT2D eigenvalue weighted by Crippen LogP contribution is 2.17. The summed E-state index contributed by atoms with van der Waals surface area (Å²) < 4.78 is 0. The minimum Gasteiger partial charge on any atom is -0.373 e. The molecule has 0 fully saturated rings. The van der Waals surface area contributed by atoms with Crippen LogP contribution in [-0.4, -0.2) is 18.0 Å². The topological polar surface area (TPSA) is 64.9 Å². The van der Waals surface area contributed by atoms with Gasteiger partial charge in [-0.3, -0.25) is 4.79 Å². The van der Waals surface area contributed by atoms with Crippen LogP contribution >= 0.6 is 0 Å². The quantitative estimate of drug-likeness (QED) is 0.854. The molecule has 2 N–H and O–H groups in total. The van der Waals surface area contributed by atoms with Gasteiger partial charge in [0.2, 0.25) is 5.91 Å². The molecule has 0 heterocycles. The Bertz CT molecular complexity index is 474. The second-order valence-corrected chi connectivity index (χ2v) is 4.69. The smallest absolute Gasteiger partial charge is 0.242 e. The Kier molecular flexibility index (Phi) is 4.73. The predicted octanol–water partition coefficient (Wildman–Crippen LogP) is 2.19. The molecule has 1 atom stereocenters. The van der Waals surface area contributed by atoms with Gasteiger partial charge in [-0.15, -0.1) is 0 Å². The van der Waals surface area contributed by atoms with Crippen LogP contribution in [0, 0.1) is 18.3 Å². The lowest BCUT2D eigenvalue weighted by atomic mass is 10.1. The number of hydrogen-bond donors (Lipinski definition) is 2. The number of carbonyl (C=O) groups excluding carboxylic acids is 1. The normalized spacial score (nSPS) is 11.8. The number of hydrogen-bond acceptors (Lipinski definition) is 3. The molecule has 0 radical (unpaired) electrons. The first-order valence-electron chi connectivity index (χ1n) is 6.01. The molecule has 96 valence electrons. The summed E-state index contributed by atoms with van der Waals surface area (Å²) >= 11 is 0. The highest BCUT2D eigenvalue weighted by Gasteiger charge is 2.14. The zero-order chi connectivity index (χ0) is 13.7. The van der Waals surface area contributed by atoms with E-state index in [-0.39, 0.29) is 18.0 Å². The molecule has 1 aromatic carbocycles. The van der Waals surface area contributed by atoms with Crippen LogP contribution < -0.4 is 10.6 Å². The Morgan fingerprint density at radius 3 is 2.56 bits per heavy atom. The average Bonchev–Trinajstić information content (AvgIpc) is 2.28. The Morgan fingerprint density at radius 1 is 1.33 bits per heavy atom. The fourth-order valence-electron chi connectivity index (χ4n) is 1.58. The number of anilines is 1. The van der Waals surface area contributed by atoms with Gasteiger partial charge in [-0.25, -0.2) is 0 Å². The van der Waals surface area contributed by atoms with E-state index in [1.807, 2.05) is 32.9 Å². The first-order chi connectivity index (χ1) is 8.43. The molecule has 0 aliphatic rings. The summed E-state index contributed by atoms with van der Waals surface area (Å²) in [6, 6.07) is 7.35. The maximum Gasteiger partial charge on any atom is 0.242 e. The fraction of sp³-hybridized carbons (Fsp3) is 0.429. The molecule has 1 amide bonds. The van der Waals surface area contributed by atoms with Gasteiger partial charge in [-0.05, 0) is 45.4 Å². The van der Waals surface area contributed by atoms with Gasteiger partial charge in [0.1, 0.15) is 12.1 Å². The number of amides is 1. The predicted molar refractivity (Wildman–Crippen MR) is 72.3 cm³/mol. The fourth-order valence-corrected chi connectivity index (χ4v) is 1.58. The molecule has 18 heavy (non-hydrogen) atoms. The number of nitrogens with one attached hydrogen (secondary N) is 2. The number of nitriles is 1. The largest absolute Gasteiger partial charge is 0.373 e. The molecule has 1 aromatic rings. The molecule has 0 bridgehead atoms. The van der Waals surface area contributed by atoms with Crippen molar-refractivity contribution < 1.29 is 4.79 Å². The third kappa shape index (κ3) is 3.77. The van der Waals surface area contributed by atoms with Crippen LogP contribution in [0.15, 0.2) is 18.2 Å². The van der Waals surface area contributed by atoms with E-state index in [1.54, 1.807) is 13.0 Å². The van der Waals surface area contributed by atoms with E-state index in [2.05, 4.69) is 16.7 Å². The summed E-state index contributed by atoms with van der Waals surface area (Å²) in [5.41, 5.74) is 2.29. The van der Waals surface area contributed by atoms with Crippen molar-refractivity contribution in [2.24, 2.45) is 0 Å². The van der Waals surface area contributed by atoms with Crippen molar-refractivity contribution in [2.45, 2.75) is 39.8 Å². The number of rotatable bonds is 4. The zero-order valence-corrected chi connectivity index (χ0v) is 11.2. The Balaban J connectivity index is 2.81. The minimum atomic E-state index is -0.374. The first-order valence-corrected chi connectivity index (χ1v) is 6.01. The highest BCUT2D eigenvalue weighted by molar-refractivity contribution is 5.84. The molecular weight excluding hydrogens is 226 g/mol. The van der Waals surface area contributed by atoms with Crippen molar-refractivity contribution in [3.05, 3.63) is 29.3 Å². The Labute approximate surface area is 108 Å². The van der Waals surface area contributed by atoms with E-state index in [1.165, 1.54) is 0 Å². The van der Waals surface area contributed by atoms with Gasteiger partial charge in [-0.1, -0.05) is 6.07 Å². The Hall–Kier alpha value is -2.02. The third-order valence-corrected chi connectivity index (χ3v) is 2.49. The van der Waals surface area contributed by atoms with Gasteiger partial charge in [0.15, 0.2) is 0 Å². The van der Waals surface area contributed by atoms with Crippen LogP contribution in [0.1, 0.15) is 31.9 Å². The molecule has 1 unspecified atom stereocenters. The summed E-state index contributed by atoms with van der Waals surface area (Å²) in [4.78, 5) is 11.8. The first kappa shape index (κ1) is 14.0. The summed E-state index contributed by atoms with van der Waals surface area (Å²) in [6.45, 7) is 7.56. The van der Waals surface area contributed by atoms with Crippen LogP contribution in [-0.2, 0) is 4.79 Å². The van der Waals surface area contributed by atoms with E-state index in [9.17, 15) is 4.79 Å². The van der Waals surface area contributed by atoms with Crippen LogP contribution in [0.5, 0.6) is 0 Å². The lowest BCUT2D eigenvalue weighted by Gasteiger charge is -2.18. The van der Waals surface area contributed by atoms with Gasteiger partial charge in [0.25, 0.3) is 0 Å². The monoisotopic (exact) mass is 245 g/mol. The summed E-state index contributed by atoms with van der Waals surface area (Å²) in [7, 11) is 0. The van der Waals surface area contributed by atoms with Gasteiger partial charge < -0.3 is 10.6 Å². The van der Waals surface area contributed by atoms with Crippen molar-refractivity contribution in [1.29, 1.82) is 5.26 Å². The van der Waals surface area contributed by atoms with E-state index in [0.29, 0.717) is 11.3 Å². The van der Waals surface area contributed by atoms with E-state index in [4.69, 9.17) is 5.26 Å². The average molecular weight is 245 g/mol. The zero-order valence-electron chi connectivity index (χ0n) is 11.2. The molecule has 1 rings (SSSR count). The number of carbonyl (C=O) groups is 1. The van der Waals surface area contributed by atoms with Gasteiger partial charge in [0.05, 0.1) is 11.3 Å². The van der Waals surface area contributed by atoms with Crippen LogP contribution in [0.4, 0.5) is 5.69 Å². The van der Waals surface area contributed by atoms with Crippen LogP contribution in [0.3, 0.4) is 0 Å². The van der Waals surface area contributed by atoms with Gasteiger partial charge >= 0.3 is 0 Å². The van der Waals surface area contributed by atoms with Crippen molar-refractivity contribution in [1.82, 2.24) is 5.32 Å². The standard InChI is InChI=1S/C14H19N3O/c1-9(2)16-14(18)11(4)17-13-7-10(3)5-6-12(13)8-15/h5-7,9,11,17H,1-4H3,(H,16,18). The van der Waals surface area contributed by atoms with E-state index >= 15 is 0 Å². The molecule has 0 spiro atoms. The van der Waals surface area contributed by atoms with E-state index in [0.717, 1.165) is 5.56 Å².